The minimum absolute atomic E-state index is 0.0704. The first-order valence-corrected chi connectivity index (χ1v) is 8.92. The van der Waals surface area contributed by atoms with Crippen LogP contribution in [0.3, 0.4) is 0 Å². The molecule has 1 aliphatic heterocycles. The minimum atomic E-state index is -4.71. The van der Waals surface area contributed by atoms with Gasteiger partial charge in [-0.05, 0) is 24.5 Å². The molecule has 0 saturated carbocycles. The van der Waals surface area contributed by atoms with Crippen LogP contribution in [-0.4, -0.2) is 20.5 Å². The molecule has 0 saturated heterocycles. The Hall–Kier alpha value is -2.06. The molecule has 10 heteroatoms. The smallest absolute Gasteiger partial charge is 0.328 e. The number of carbonyl (C=O) groups is 1. The predicted octanol–water partition coefficient (Wildman–Crippen LogP) is 4.87. The molecule has 2 aromatic rings. The van der Waals surface area contributed by atoms with E-state index < -0.39 is 18.0 Å². The SMILES string of the molecule is C[C@@H]1CC(=O)C2=C(C1)Nc1nc(C(F)(F)F)nn1[C@@H]2c1ccc(Cl)cc1Cl. The van der Waals surface area contributed by atoms with Crippen molar-refractivity contribution in [1.82, 2.24) is 14.8 Å². The van der Waals surface area contributed by atoms with Gasteiger partial charge in [-0.15, -0.1) is 5.10 Å². The van der Waals surface area contributed by atoms with Gasteiger partial charge in [-0.3, -0.25) is 4.79 Å². The lowest BCUT2D eigenvalue weighted by atomic mass is 9.81. The van der Waals surface area contributed by atoms with Crippen LogP contribution >= 0.6 is 23.2 Å². The van der Waals surface area contributed by atoms with Crippen LogP contribution in [-0.2, 0) is 11.0 Å². The molecule has 2 heterocycles. The second-order valence-corrected chi connectivity index (χ2v) is 7.57. The van der Waals surface area contributed by atoms with Crippen molar-refractivity contribution in [3.05, 3.63) is 50.9 Å². The van der Waals surface area contributed by atoms with Gasteiger partial charge >= 0.3 is 6.18 Å². The molecule has 2 aliphatic rings. The molecule has 0 radical (unpaired) electrons. The number of Topliss-reactive ketones (excluding diaryl/α,β-unsaturated/α-hetero) is 1. The zero-order valence-electron chi connectivity index (χ0n) is 13.9. The standard InChI is InChI=1S/C17H13Cl2F3N4O/c1-7-4-11-13(12(27)5-7)14(9-3-2-8(18)6-10(9)19)26-16(23-11)24-15(25-26)17(20,21)22/h2-3,6-7,14H,4-5H2,1H3,(H,23,24,25)/t7-,14+/m0/s1. The predicted molar refractivity (Wildman–Crippen MR) is 93.7 cm³/mol. The highest BCUT2D eigenvalue weighted by Crippen LogP contribution is 2.44. The number of rotatable bonds is 1. The second kappa shape index (κ2) is 6.24. The first-order valence-electron chi connectivity index (χ1n) is 8.17. The maximum absolute atomic E-state index is 13.2. The van der Waals surface area contributed by atoms with Crippen LogP contribution in [0.1, 0.15) is 37.2 Å². The number of allylic oxidation sites excluding steroid dienone is 2. The third-order valence-corrected chi connectivity index (χ3v) is 5.20. The van der Waals surface area contributed by atoms with E-state index in [4.69, 9.17) is 23.2 Å². The molecular weight excluding hydrogens is 404 g/mol. The quantitative estimate of drug-likeness (QED) is 0.719. The van der Waals surface area contributed by atoms with Crippen LogP contribution in [0.4, 0.5) is 19.1 Å². The van der Waals surface area contributed by atoms with E-state index in [1.54, 1.807) is 12.1 Å². The summed E-state index contributed by atoms with van der Waals surface area (Å²) < 4.78 is 40.5. The lowest BCUT2D eigenvalue weighted by Crippen LogP contribution is -2.33. The number of fused-ring (bicyclic) bond motifs is 1. The van der Waals surface area contributed by atoms with E-state index in [2.05, 4.69) is 15.4 Å². The van der Waals surface area contributed by atoms with Gasteiger partial charge in [0, 0.05) is 33.3 Å². The average Bonchev–Trinajstić information content (AvgIpc) is 2.97. The number of carbonyl (C=O) groups excluding carboxylic acids is 1. The number of nitrogens with zero attached hydrogens (tertiary/aromatic N) is 3. The molecule has 27 heavy (non-hydrogen) atoms. The molecule has 0 bridgehead atoms. The fourth-order valence-electron chi connectivity index (χ4n) is 3.54. The molecule has 2 atom stereocenters. The van der Waals surface area contributed by atoms with Crippen LogP contribution in [0.15, 0.2) is 29.5 Å². The monoisotopic (exact) mass is 416 g/mol. The van der Waals surface area contributed by atoms with E-state index in [0.717, 1.165) is 4.68 Å². The Kier molecular flexibility index (Phi) is 4.23. The van der Waals surface area contributed by atoms with E-state index in [-0.39, 0.29) is 22.7 Å². The van der Waals surface area contributed by atoms with Crippen LogP contribution < -0.4 is 5.32 Å². The number of alkyl halides is 3. The zero-order valence-corrected chi connectivity index (χ0v) is 15.5. The highest BCUT2D eigenvalue weighted by molar-refractivity contribution is 6.35. The van der Waals surface area contributed by atoms with Crippen LogP contribution in [0.5, 0.6) is 0 Å². The van der Waals surface area contributed by atoms with E-state index in [0.29, 0.717) is 34.7 Å². The van der Waals surface area contributed by atoms with Gasteiger partial charge < -0.3 is 5.32 Å². The first-order chi connectivity index (χ1) is 12.6. The number of ketones is 1. The number of benzene rings is 1. The lowest BCUT2D eigenvalue weighted by molar-refractivity contribution is -0.145. The summed E-state index contributed by atoms with van der Waals surface area (Å²) in [7, 11) is 0. The fourth-order valence-corrected chi connectivity index (χ4v) is 4.05. The molecule has 4 rings (SSSR count). The maximum Gasteiger partial charge on any atom is 0.453 e. The summed E-state index contributed by atoms with van der Waals surface area (Å²) in [6.45, 7) is 1.91. The van der Waals surface area contributed by atoms with Crippen molar-refractivity contribution in [3.63, 3.8) is 0 Å². The van der Waals surface area contributed by atoms with Gasteiger partial charge in [0.15, 0.2) is 5.78 Å². The number of nitrogens with one attached hydrogen (secondary N) is 1. The van der Waals surface area contributed by atoms with Crippen molar-refractivity contribution in [1.29, 1.82) is 0 Å². The molecule has 1 N–H and O–H groups in total. The summed E-state index contributed by atoms with van der Waals surface area (Å²) in [5.74, 6) is -1.43. The number of anilines is 1. The van der Waals surface area contributed by atoms with Crippen molar-refractivity contribution in [3.8, 4) is 0 Å². The summed E-state index contributed by atoms with van der Waals surface area (Å²) in [5.41, 5.74) is 1.37. The van der Waals surface area contributed by atoms with Gasteiger partial charge in [0.05, 0.1) is 0 Å². The van der Waals surface area contributed by atoms with Crippen molar-refractivity contribution < 1.29 is 18.0 Å². The number of halogens is 5. The van der Waals surface area contributed by atoms with Gasteiger partial charge in [-0.25, -0.2) is 4.68 Å². The molecular formula is C17H13Cl2F3N4O. The molecule has 0 spiro atoms. The summed E-state index contributed by atoms with van der Waals surface area (Å²) in [5, 5.41) is 7.11. The van der Waals surface area contributed by atoms with Gasteiger partial charge in [-0.1, -0.05) is 36.2 Å². The van der Waals surface area contributed by atoms with Gasteiger partial charge in [0.2, 0.25) is 5.95 Å². The molecule has 0 unspecified atom stereocenters. The highest BCUT2D eigenvalue weighted by Gasteiger charge is 2.43. The Balaban J connectivity index is 1.94. The minimum Gasteiger partial charge on any atom is -0.328 e. The van der Waals surface area contributed by atoms with Gasteiger partial charge in [-0.2, -0.15) is 18.2 Å². The molecule has 0 fully saturated rings. The summed E-state index contributed by atoms with van der Waals surface area (Å²) in [6.07, 6.45) is -3.88. The van der Waals surface area contributed by atoms with Crippen LogP contribution in [0, 0.1) is 5.92 Å². The molecule has 1 aromatic carbocycles. The third kappa shape index (κ3) is 3.10. The Labute approximate surface area is 162 Å². The van der Waals surface area contributed by atoms with Crippen molar-refractivity contribution in [2.45, 2.75) is 32.0 Å². The Morgan fingerprint density at radius 2 is 2.00 bits per heavy atom. The topological polar surface area (TPSA) is 59.8 Å². The Bertz CT molecular complexity index is 983. The van der Waals surface area contributed by atoms with Gasteiger partial charge in [0.1, 0.15) is 6.04 Å². The van der Waals surface area contributed by atoms with E-state index in [1.807, 2.05) is 6.92 Å². The van der Waals surface area contributed by atoms with Crippen molar-refractivity contribution >= 4 is 34.9 Å². The molecule has 0 amide bonds. The molecule has 5 nitrogen and oxygen atoms in total. The number of aromatic nitrogens is 3. The normalized spacial score (nSPS) is 22.4. The Morgan fingerprint density at radius 3 is 2.67 bits per heavy atom. The fraction of sp³-hybridized carbons (Fsp3) is 0.353. The number of hydrogen-bond acceptors (Lipinski definition) is 4. The Morgan fingerprint density at radius 1 is 1.26 bits per heavy atom. The van der Waals surface area contributed by atoms with Crippen molar-refractivity contribution in [2.24, 2.45) is 5.92 Å². The van der Waals surface area contributed by atoms with E-state index in [9.17, 15) is 18.0 Å². The second-order valence-electron chi connectivity index (χ2n) is 6.72. The highest BCUT2D eigenvalue weighted by atomic mass is 35.5. The summed E-state index contributed by atoms with van der Waals surface area (Å²) >= 11 is 12.3. The average molecular weight is 417 g/mol. The third-order valence-electron chi connectivity index (χ3n) is 4.63. The van der Waals surface area contributed by atoms with Gasteiger partial charge in [0.25, 0.3) is 5.82 Å². The maximum atomic E-state index is 13.2. The number of hydrogen-bond donors (Lipinski definition) is 1. The van der Waals surface area contributed by atoms with E-state index in [1.165, 1.54) is 6.07 Å². The lowest BCUT2D eigenvalue weighted by Gasteiger charge is -2.34. The molecule has 142 valence electrons. The zero-order chi connectivity index (χ0) is 19.5. The molecule has 1 aliphatic carbocycles. The summed E-state index contributed by atoms with van der Waals surface area (Å²) in [4.78, 5) is 16.4. The first kappa shape index (κ1) is 18.3. The summed E-state index contributed by atoms with van der Waals surface area (Å²) in [6, 6.07) is 3.75. The van der Waals surface area contributed by atoms with E-state index >= 15 is 0 Å². The largest absolute Gasteiger partial charge is 0.453 e. The van der Waals surface area contributed by atoms with Crippen LogP contribution in [0.2, 0.25) is 10.0 Å². The molecule has 1 aromatic heterocycles. The van der Waals surface area contributed by atoms with Crippen molar-refractivity contribution in [2.75, 3.05) is 5.32 Å². The van der Waals surface area contributed by atoms with Crippen LogP contribution in [0.25, 0.3) is 0 Å².